The molecule has 0 aliphatic rings. The molecule has 4 nitrogen and oxygen atoms in total. The van der Waals surface area contributed by atoms with Crippen LogP contribution in [-0.4, -0.2) is 24.9 Å². The van der Waals surface area contributed by atoms with Crippen LogP contribution in [0.15, 0.2) is 44.9 Å². The topological polar surface area (TPSA) is 53.3 Å². The lowest BCUT2D eigenvalue weighted by atomic mass is 10.1. The first-order valence-corrected chi connectivity index (χ1v) is 9.96. The lowest BCUT2D eigenvalue weighted by molar-refractivity contribution is -0.124. The molecule has 0 N–H and O–H groups in total. The van der Waals surface area contributed by atoms with Gasteiger partial charge in [0.25, 0.3) is 5.91 Å². The fourth-order valence-electron chi connectivity index (χ4n) is 2.14. The standard InChI is InChI=1S/C19H14Br2Cl2N2O2/c1-25(2)19(26)13(9-24)5-11-6-15(20)18(16(21)7-11)27-10-12-3-4-14(22)8-17(12)23/h3-8H,10H2,1-2H3/b13-5-. The van der Waals surface area contributed by atoms with Crippen molar-refractivity contribution in [1.82, 2.24) is 4.90 Å². The van der Waals surface area contributed by atoms with Crippen LogP contribution in [0.25, 0.3) is 6.08 Å². The third kappa shape index (κ3) is 5.73. The first kappa shape index (κ1) is 21.8. The van der Waals surface area contributed by atoms with Crippen molar-refractivity contribution in [3.05, 3.63) is 66.0 Å². The van der Waals surface area contributed by atoms with Gasteiger partial charge in [-0.2, -0.15) is 5.26 Å². The fraction of sp³-hybridized carbons (Fsp3) is 0.158. The van der Waals surface area contributed by atoms with Crippen molar-refractivity contribution < 1.29 is 9.53 Å². The maximum Gasteiger partial charge on any atom is 0.264 e. The van der Waals surface area contributed by atoms with Crippen LogP contribution in [0.3, 0.4) is 0 Å². The molecule has 0 bridgehead atoms. The summed E-state index contributed by atoms with van der Waals surface area (Å²) < 4.78 is 7.20. The van der Waals surface area contributed by atoms with Gasteiger partial charge in [-0.1, -0.05) is 29.3 Å². The highest BCUT2D eigenvalue weighted by molar-refractivity contribution is 9.11. The number of carbonyl (C=O) groups excluding carboxylic acids is 1. The molecule has 0 fully saturated rings. The molecule has 0 aromatic heterocycles. The fourth-order valence-corrected chi connectivity index (χ4v) is 4.05. The molecule has 140 valence electrons. The summed E-state index contributed by atoms with van der Waals surface area (Å²) in [5.41, 5.74) is 1.52. The van der Waals surface area contributed by atoms with Gasteiger partial charge in [0.2, 0.25) is 0 Å². The highest BCUT2D eigenvalue weighted by atomic mass is 79.9. The van der Waals surface area contributed by atoms with E-state index in [0.717, 1.165) is 5.56 Å². The van der Waals surface area contributed by atoms with Crippen LogP contribution in [0, 0.1) is 11.3 Å². The number of carbonyl (C=O) groups is 1. The van der Waals surface area contributed by atoms with Crippen LogP contribution in [0.2, 0.25) is 10.0 Å². The Morgan fingerprint density at radius 3 is 2.37 bits per heavy atom. The van der Waals surface area contributed by atoms with Gasteiger partial charge in [0.05, 0.1) is 8.95 Å². The lowest BCUT2D eigenvalue weighted by Crippen LogP contribution is -2.22. The Hall–Kier alpha value is -1.52. The number of hydrogen-bond acceptors (Lipinski definition) is 3. The highest BCUT2D eigenvalue weighted by Gasteiger charge is 2.14. The summed E-state index contributed by atoms with van der Waals surface area (Å²) in [7, 11) is 3.19. The minimum Gasteiger partial charge on any atom is -0.486 e. The molecule has 2 aromatic carbocycles. The second-order valence-electron chi connectivity index (χ2n) is 5.71. The predicted octanol–water partition coefficient (Wildman–Crippen LogP) is 6.09. The van der Waals surface area contributed by atoms with E-state index in [1.54, 1.807) is 44.4 Å². The number of nitrogens with zero attached hydrogens (tertiary/aromatic N) is 2. The largest absolute Gasteiger partial charge is 0.486 e. The molecule has 1 amide bonds. The number of ether oxygens (including phenoxy) is 1. The molecule has 0 unspecified atom stereocenters. The number of hydrogen-bond donors (Lipinski definition) is 0. The predicted molar refractivity (Wildman–Crippen MR) is 115 cm³/mol. The number of amides is 1. The van der Waals surface area contributed by atoms with E-state index in [4.69, 9.17) is 27.9 Å². The third-order valence-corrected chi connectivity index (χ3v) is 5.24. The minimum atomic E-state index is -0.359. The Morgan fingerprint density at radius 1 is 1.22 bits per heavy atom. The third-order valence-electron chi connectivity index (χ3n) is 3.48. The Morgan fingerprint density at radius 2 is 1.85 bits per heavy atom. The Labute approximate surface area is 184 Å². The molecule has 0 saturated heterocycles. The number of nitriles is 1. The lowest BCUT2D eigenvalue weighted by Gasteiger charge is -2.13. The van der Waals surface area contributed by atoms with Gasteiger partial charge in [0.15, 0.2) is 0 Å². The first-order chi connectivity index (χ1) is 12.7. The summed E-state index contributed by atoms with van der Waals surface area (Å²) in [6, 6.07) is 10.7. The Kier molecular flexibility index (Phi) is 7.75. The number of benzene rings is 2. The van der Waals surface area contributed by atoms with Gasteiger partial charge >= 0.3 is 0 Å². The molecule has 2 rings (SSSR count). The second kappa shape index (κ2) is 9.61. The van der Waals surface area contributed by atoms with Crippen LogP contribution in [0.4, 0.5) is 0 Å². The Bertz CT molecular complexity index is 930. The monoisotopic (exact) mass is 530 g/mol. The summed E-state index contributed by atoms with van der Waals surface area (Å²) in [5.74, 6) is 0.220. The summed E-state index contributed by atoms with van der Waals surface area (Å²) in [5, 5.41) is 10.3. The second-order valence-corrected chi connectivity index (χ2v) is 8.26. The van der Waals surface area contributed by atoms with Gasteiger partial charge in [-0.3, -0.25) is 4.79 Å². The van der Waals surface area contributed by atoms with E-state index in [-0.39, 0.29) is 18.1 Å². The van der Waals surface area contributed by atoms with E-state index < -0.39 is 0 Å². The van der Waals surface area contributed by atoms with Gasteiger partial charge in [-0.05, 0) is 67.8 Å². The van der Waals surface area contributed by atoms with E-state index in [1.165, 1.54) is 11.0 Å². The zero-order valence-electron chi connectivity index (χ0n) is 14.4. The van der Waals surface area contributed by atoms with E-state index >= 15 is 0 Å². The summed E-state index contributed by atoms with van der Waals surface area (Å²) in [6.07, 6.45) is 1.53. The molecule has 0 spiro atoms. The van der Waals surface area contributed by atoms with E-state index in [0.29, 0.717) is 30.3 Å². The molecule has 0 aliphatic heterocycles. The molecule has 0 heterocycles. The van der Waals surface area contributed by atoms with Crippen molar-refractivity contribution in [2.24, 2.45) is 0 Å². The number of rotatable bonds is 5. The Balaban J connectivity index is 2.26. The van der Waals surface area contributed by atoms with Crippen molar-refractivity contribution in [3.63, 3.8) is 0 Å². The molecular weight excluding hydrogens is 519 g/mol. The van der Waals surface area contributed by atoms with Crippen molar-refractivity contribution in [2.45, 2.75) is 6.61 Å². The molecule has 0 saturated carbocycles. The molecule has 0 atom stereocenters. The van der Waals surface area contributed by atoms with E-state index in [1.807, 2.05) is 6.07 Å². The number of likely N-dealkylation sites (N-methyl/N-ethyl adjacent to an activating group) is 1. The van der Waals surface area contributed by atoms with Crippen LogP contribution < -0.4 is 4.74 Å². The summed E-state index contributed by atoms with van der Waals surface area (Å²) in [4.78, 5) is 13.3. The summed E-state index contributed by atoms with van der Waals surface area (Å²) in [6.45, 7) is 0.255. The van der Waals surface area contributed by atoms with Gasteiger partial charge in [0, 0.05) is 29.7 Å². The molecule has 0 aliphatic carbocycles. The molecule has 8 heteroatoms. The SMILES string of the molecule is CN(C)C(=O)/C(C#N)=C\c1cc(Br)c(OCc2ccc(Cl)cc2Cl)c(Br)c1. The first-order valence-electron chi connectivity index (χ1n) is 7.62. The van der Waals surface area contributed by atoms with Gasteiger partial charge in [-0.25, -0.2) is 0 Å². The summed E-state index contributed by atoms with van der Waals surface area (Å²) >= 11 is 19.0. The molecule has 0 radical (unpaired) electrons. The zero-order valence-corrected chi connectivity index (χ0v) is 19.1. The average molecular weight is 533 g/mol. The van der Waals surface area contributed by atoms with Crippen molar-refractivity contribution in [3.8, 4) is 11.8 Å². The van der Waals surface area contributed by atoms with Crippen LogP contribution in [0.5, 0.6) is 5.75 Å². The van der Waals surface area contributed by atoms with E-state index in [9.17, 15) is 10.1 Å². The molecular formula is C19H14Br2Cl2N2O2. The quantitative estimate of drug-likeness (QED) is 0.346. The number of halogens is 4. The van der Waals surface area contributed by atoms with Crippen molar-refractivity contribution in [2.75, 3.05) is 14.1 Å². The highest BCUT2D eigenvalue weighted by Crippen LogP contribution is 2.36. The average Bonchev–Trinajstić information content (AvgIpc) is 2.59. The zero-order chi connectivity index (χ0) is 20.1. The van der Waals surface area contributed by atoms with Crippen molar-refractivity contribution in [1.29, 1.82) is 5.26 Å². The van der Waals surface area contributed by atoms with Crippen LogP contribution in [0.1, 0.15) is 11.1 Å². The molecule has 27 heavy (non-hydrogen) atoms. The van der Waals surface area contributed by atoms with Crippen LogP contribution >= 0.6 is 55.1 Å². The van der Waals surface area contributed by atoms with Gasteiger partial charge in [0.1, 0.15) is 24.0 Å². The smallest absolute Gasteiger partial charge is 0.264 e. The van der Waals surface area contributed by atoms with Crippen molar-refractivity contribution >= 4 is 67.0 Å². The normalized spacial score (nSPS) is 11.1. The minimum absolute atomic E-state index is 0.0421. The maximum atomic E-state index is 12.0. The van der Waals surface area contributed by atoms with Crippen LogP contribution in [-0.2, 0) is 11.4 Å². The van der Waals surface area contributed by atoms with E-state index in [2.05, 4.69) is 31.9 Å². The van der Waals surface area contributed by atoms with Gasteiger partial charge in [-0.15, -0.1) is 0 Å². The molecule has 2 aromatic rings. The van der Waals surface area contributed by atoms with Gasteiger partial charge < -0.3 is 9.64 Å². The maximum absolute atomic E-state index is 12.0.